The highest BCUT2D eigenvalue weighted by molar-refractivity contribution is 7.80. The van der Waals surface area contributed by atoms with Gasteiger partial charge in [-0.25, -0.2) is 0 Å². The largest absolute Gasteiger partial charge is 0.347 e. The fraction of sp³-hybridized carbons (Fsp3) is 0.150. The summed E-state index contributed by atoms with van der Waals surface area (Å²) in [6, 6.07) is 46.9. The number of fused-ring (bicyclic) bond motifs is 2. The first kappa shape index (κ1) is 29.0. The van der Waals surface area contributed by atoms with Crippen molar-refractivity contribution in [1.82, 2.24) is 10.6 Å². The van der Waals surface area contributed by atoms with E-state index in [4.69, 9.17) is 0 Å². The van der Waals surface area contributed by atoms with E-state index in [1.165, 1.54) is 10.6 Å². The molecule has 5 heteroatoms. The number of carbonyl (C=O) groups is 2. The zero-order valence-corrected chi connectivity index (χ0v) is 25.9. The Bertz CT molecular complexity index is 1930. The van der Waals surface area contributed by atoms with Gasteiger partial charge in [0, 0.05) is 17.6 Å². The lowest BCUT2D eigenvalue weighted by Gasteiger charge is -2.33. The van der Waals surface area contributed by atoms with Crippen LogP contribution in [-0.2, 0) is 0 Å². The van der Waals surface area contributed by atoms with Crippen LogP contribution in [0.3, 0.4) is 0 Å². The second-order valence-electron chi connectivity index (χ2n) is 11.7. The van der Waals surface area contributed by atoms with E-state index in [9.17, 15) is 9.59 Å². The third-order valence-electron chi connectivity index (χ3n) is 8.84. The lowest BCUT2D eigenvalue weighted by atomic mass is 9.89. The van der Waals surface area contributed by atoms with E-state index in [-0.39, 0.29) is 23.9 Å². The van der Waals surface area contributed by atoms with Crippen LogP contribution in [0.2, 0.25) is 0 Å². The number of carbonyl (C=O) groups excluding carboxylic acids is 2. The second-order valence-corrected chi connectivity index (χ2v) is 13.8. The minimum absolute atomic E-state index is 0.0857. The molecule has 0 spiro atoms. The number of benzene rings is 6. The Labute approximate surface area is 265 Å². The molecule has 4 nitrogen and oxygen atoms in total. The number of hydrogen-bond acceptors (Lipinski definition) is 2. The summed E-state index contributed by atoms with van der Waals surface area (Å²) in [6.07, 6.45) is 3.66. The highest BCUT2D eigenvalue weighted by Crippen LogP contribution is 2.36. The van der Waals surface area contributed by atoms with E-state index in [0.29, 0.717) is 5.56 Å². The minimum Gasteiger partial charge on any atom is -0.347 e. The highest BCUT2D eigenvalue weighted by atomic mass is 31.1. The van der Waals surface area contributed by atoms with Crippen LogP contribution in [0.25, 0.3) is 21.5 Å². The molecule has 222 valence electrons. The standard InChI is InChI=1S/C40H35N2O2P/c43-39(34-23-13-16-28-14-7-9-21-32(28)34)41-35-24-11-12-25-36(35)42-40(44)38-33-22-10-8-15-29(33)26-27-37(38)45(30-17-3-1-4-18-30)31-19-5-2-6-20-31/h1-10,13-23,26-27,35-36H,11-12,24-25H2,(H,41,43)(H,42,44)/t35-,36-/m1/s1. The molecule has 6 aromatic rings. The van der Waals surface area contributed by atoms with Gasteiger partial charge in [-0.05, 0) is 64.3 Å². The normalized spacial score (nSPS) is 16.5. The molecule has 2 amide bonds. The van der Waals surface area contributed by atoms with Gasteiger partial charge in [-0.3, -0.25) is 9.59 Å². The van der Waals surface area contributed by atoms with Gasteiger partial charge in [-0.15, -0.1) is 0 Å². The predicted octanol–water partition coefficient (Wildman–Crippen LogP) is 7.22. The highest BCUT2D eigenvalue weighted by Gasteiger charge is 2.31. The van der Waals surface area contributed by atoms with E-state index < -0.39 is 7.92 Å². The van der Waals surface area contributed by atoms with Gasteiger partial charge in [0.2, 0.25) is 0 Å². The average molecular weight is 607 g/mol. The lowest BCUT2D eigenvalue weighted by Crippen LogP contribution is -2.53. The second kappa shape index (κ2) is 13.1. The van der Waals surface area contributed by atoms with E-state index in [0.717, 1.165) is 58.1 Å². The molecule has 0 aromatic heterocycles. The van der Waals surface area contributed by atoms with Gasteiger partial charge >= 0.3 is 0 Å². The summed E-state index contributed by atoms with van der Waals surface area (Å²) in [4.78, 5) is 28.2. The van der Waals surface area contributed by atoms with Crippen LogP contribution in [0, 0.1) is 0 Å². The van der Waals surface area contributed by atoms with E-state index >= 15 is 0 Å². The maximum absolute atomic E-state index is 14.6. The fourth-order valence-electron chi connectivity index (χ4n) is 6.65. The Hall–Kier alpha value is -4.79. The van der Waals surface area contributed by atoms with Crippen LogP contribution in [0.15, 0.2) is 140 Å². The molecule has 2 N–H and O–H groups in total. The van der Waals surface area contributed by atoms with Crippen LogP contribution >= 0.6 is 7.92 Å². The van der Waals surface area contributed by atoms with E-state index in [1.54, 1.807) is 0 Å². The molecule has 1 aliphatic rings. The molecular formula is C40H35N2O2P. The Morgan fingerprint density at radius 1 is 0.511 bits per heavy atom. The Kier molecular flexibility index (Phi) is 8.40. The van der Waals surface area contributed by atoms with Crippen molar-refractivity contribution in [3.63, 3.8) is 0 Å². The zero-order chi connectivity index (χ0) is 30.6. The predicted molar refractivity (Wildman–Crippen MR) is 188 cm³/mol. The summed E-state index contributed by atoms with van der Waals surface area (Å²) in [5.74, 6) is -0.182. The lowest BCUT2D eigenvalue weighted by molar-refractivity contribution is 0.0865. The van der Waals surface area contributed by atoms with Crippen molar-refractivity contribution >= 4 is 57.2 Å². The molecule has 0 aliphatic heterocycles. The van der Waals surface area contributed by atoms with E-state index in [1.807, 2.05) is 66.7 Å². The summed E-state index contributed by atoms with van der Waals surface area (Å²) < 4.78 is 0. The molecule has 0 saturated heterocycles. The maximum Gasteiger partial charge on any atom is 0.252 e. The molecule has 45 heavy (non-hydrogen) atoms. The molecule has 0 unspecified atom stereocenters. The van der Waals surface area contributed by atoms with Gasteiger partial charge in [0.05, 0.1) is 5.56 Å². The smallest absolute Gasteiger partial charge is 0.252 e. The first-order valence-electron chi connectivity index (χ1n) is 15.7. The Morgan fingerprint density at radius 3 is 1.67 bits per heavy atom. The topological polar surface area (TPSA) is 58.2 Å². The summed E-state index contributed by atoms with van der Waals surface area (Å²) in [5.41, 5.74) is 1.38. The van der Waals surface area contributed by atoms with Crippen molar-refractivity contribution in [2.24, 2.45) is 0 Å². The number of nitrogens with one attached hydrogen (secondary N) is 2. The summed E-state index contributed by atoms with van der Waals surface area (Å²) in [6.45, 7) is 0. The molecule has 1 aliphatic carbocycles. The van der Waals surface area contributed by atoms with Gasteiger partial charge in [0.1, 0.15) is 0 Å². The van der Waals surface area contributed by atoms with Gasteiger partial charge < -0.3 is 10.6 Å². The monoisotopic (exact) mass is 606 g/mol. The quantitative estimate of drug-likeness (QED) is 0.189. The van der Waals surface area contributed by atoms with Crippen LogP contribution in [0.4, 0.5) is 0 Å². The Balaban J connectivity index is 1.25. The molecule has 2 atom stereocenters. The Morgan fingerprint density at radius 2 is 1.02 bits per heavy atom. The van der Waals surface area contributed by atoms with Crippen molar-refractivity contribution in [2.75, 3.05) is 0 Å². The molecule has 1 saturated carbocycles. The third kappa shape index (κ3) is 5.99. The maximum atomic E-state index is 14.6. The van der Waals surface area contributed by atoms with Crippen molar-refractivity contribution in [3.05, 3.63) is 151 Å². The van der Waals surface area contributed by atoms with Crippen molar-refractivity contribution < 1.29 is 9.59 Å². The van der Waals surface area contributed by atoms with Crippen molar-refractivity contribution in [2.45, 2.75) is 37.8 Å². The first-order valence-corrected chi connectivity index (χ1v) is 17.0. The number of rotatable bonds is 7. The summed E-state index contributed by atoms with van der Waals surface area (Å²) >= 11 is 0. The van der Waals surface area contributed by atoms with Gasteiger partial charge in [-0.2, -0.15) is 0 Å². The SMILES string of the molecule is O=C(N[C@@H]1CCCC[C@H]1NC(=O)c1c(P(c2ccccc2)c2ccccc2)ccc2ccccc12)c1cccc2ccccc12. The molecule has 6 aromatic carbocycles. The molecule has 0 heterocycles. The average Bonchev–Trinajstić information content (AvgIpc) is 3.09. The molecule has 0 radical (unpaired) electrons. The minimum atomic E-state index is -0.998. The van der Waals surface area contributed by atoms with Crippen LogP contribution in [0.5, 0.6) is 0 Å². The first-order chi connectivity index (χ1) is 22.2. The van der Waals surface area contributed by atoms with Crippen LogP contribution < -0.4 is 26.5 Å². The summed E-state index contributed by atoms with van der Waals surface area (Å²) in [5, 5.41) is 14.1. The van der Waals surface area contributed by atoms with Crippen molar-refractivity contribution in [3.8, 4) is 0 Å². The number of hydrogen-bond donors (Lipinski definition) is 2. The summed E-state index contributed by atoms with van der Waals surface area (Å²) in [7, 11) is -0.998. The van der Waals surface area contributed by atoms with E-state index in [2.05, 4.69) is 83.4 Å². The molecule has 0 bridgehead atoms. The van der Waals surface area contributed by atoms with Gasteiger partial charge in [-0.1, -0.05) is 146 Å². The van der Waals surface area contributed by atoms with Gasteiger partial charge in [0.15, 0.2) is 0 Å². The zero-order valence-electron chi connectivity index (χ0n) is 25.0. The van der Waals surface area contributed by atoms with Crippen LogP contribution in [-0.4, -0.2) is 23.9 Å². The molecule has 1 fully saturated rings. The van der Waals surface area contributed by atoms with Gasteiger partial charge in [0.25, 0.3) is 11.8 Å². The fourth-order valence-corrected chi connectivity index (χ4v) is 9.12. The molecular weight excluding hydrogens is 571 g/mol. The third-order valence-corrected chi connectivity index (χ3v) is 11.3. The number of amides is 2. The van der Waals surface area contributed by atoms with Crippen LogP contribution in [0.1, 0.15) is 46.4 Å². The van der Waals surface area contributed by atoms with Crippen molar-refractivity contribution in [1.29, 1.82) is 0 Å². The molecule has 7 rings (SSSR count).